The molecule has 0 aliphatic heterocycles. The summed E-state index contributed by atoms with van der Waals surface area (Å²) in [6.45, 7) is 6.96. The highest BCUT2D eigenvalue weighted by Crippen LogP contribution is 2.43. The average molecular weight is 1060 g/mol. The summed E-state index contributed by atoms with van der Waals surface area (Å²) in [6.07, 6.45) is 69.0. The van der Waals surface area contributed by atoms with Crippen LogP contribution in [0.3, 0.4) is 0 Å². The van der Waals surface area contributed by atoms with E-state index < -0.39 is 20.0 Å². The molecule has 0 fully saturated rings. The average Bonchev–Trinajstić information content (AvgIpc) is 3.36. The Labute approximate surface area is 457 Å². The van der Waals surface area contributed by atoms with Gasteiger partial charge in [0.15, 0.2) is 0 Å². The quantitative estimate of drug-likeness (QED) is 0.0205. The number of unbranched alkanes of at least 4 members (excludes halogenated alkanes) is 29. The molecule has 3 unspecified atom stereocenters. The van der Waals surface area contributed by atoms with Gasteiger partial charge in [-0.25, -0.2) is 4.57 Å². The molecule has 1 amide bonds. The second kappa shape index (κ2) is 53.8. The fraction of sp³-hybridized carbons (Fsp3) is 0.781. The van der Waals surface area contributed by atoms with Crippen LogP contribution >= 0.6 is 7.82 Å². The zero-order chi connectivity index (χ0) is 54.3. The van der Waals surface area contributed by atoms with Crippen molar-refractivity contribution in [3.8, 4) is 0 Å². The largest absolute Gasteiger partial charge is 0.472 e. The molecule has 0 aliphatic carbocycles. The summed E-state index contributed by atoms with van der Waals surface area (Å²) >= 11 is 0. The molecule has 0 saturated heterocycles. The highest BCUT2D eigenvalue weighted by Gasteiger charge is 2.30. The number of rotatable bonds is 55. The molecule has 0 aromatic heterocycles. The second-order valence-corrected chi connectivity index (χ2v) is 23.3. The molecule has 0 aromatic carbocycles. The third-order valence-electron chi connectivity index (χ3n) is 13.4. The summed E-state index contributed by atoms with van der Waals surface area (Å²) < 4.78 is 30.6. The van der Waals surface area contributed by atoms with E-state index in [0.717, 1.165) is 103 Å². The van der Waals surface area contributed by atoms with Crippen molar-refractivity contribution >= 4 is 19.7 Å². The van der Waals surface area contributed by atoms with Gasteiger partial charge in [0, 0.05) is 12.8 Å². The summed E-state index contributed by atoms with van der Waals surface area (Å²) in [5, 5.41) is 3.04. The number of hydrogen-bond donors (Lipinski definition) is 2. The number of allylic oxidation sites excluding steroid dienone is 11. The summed E-state index contributed by atoms with van der Waals surface area (Å²) in [7, 11) is 1.48. The van der Waals surface area contributed by atoms with E-state index in [2.05, 4.69) is 86.8 Å². The van der Waals surface area contributed by atoms with Crippen LogP contribution in [-0.2, 0) is 27.9 Å². The number of phosphoric ester groups is 1. The van der Waals surface area contributed by atoms with Crippen LogP contribution in [0.2, 0.25) is 0 Å². The SMILES string of the molecule is CCCCC/C=C\C/C=C\C/C=C\C/C=C\CCCCCCCCCC(=O)OC(/C=C\CCCCCCCCCCC)C(COP(=O)(O)OCC[N+](C)(C)C)NC(=O)CCCCC/C=C\CCCCCCCCC. The Hall–Kier alpha value is -2.55. The van der Waals surface area contributed by atoms with Crippen molar-refractivity contribution in [2.75, 3.05) is 40.9 Å². The Morgan fingerprint density at radius 3 is 1.28 bits per heavy atom. The molecule has 0 aliphatic rings. The van der Waals surface area contributed by atoms with Gasteiger partial charge >= 0.3 is 13.8 Å². The Morgan fingerprint density at radius 2 is 0.824 bits per heavy atom. The molecule has 9 nitrogen and oxygen atoms in total. The molecule has 0 radical (unpaired) electrons. The number of nitrogens with one attached hydrogen (secondary N) is 1. The van der Waals surface area contributed by atoms with Crippen molar-refractivity contribution in [2.45, 2.75) is 283 Å². The number of carbonyl (C=O) groups is 2. The van der Waals surface area contributed by atoms with Crippen molar-refractivity contribution in [3.63, 3.8) is 0 Å². The number of nitrogens with zero attached hydrogens (tertiary/aromatic N) is 1. The lowest BCUT2D eigenvalue weighted by Crippen LogP contribution is -2.47. The number of ether oxygens (including phenoxy) is 1. The standard InChI is InChI=1S/C64H117N2O7P/c1-7-10-13-16-19-22-25-27-29-30-31-32-33-34-35-36-37-39-42-45-48-51-54-57-64(68)73-62(55-52-49-46-43-40-24-21-18-15-12-9-3)61(60-72-74(69,70)71-59-58-66(4,5)6)65-63(67)56-53-50-47-44-41-38-28-26-23-20-17-14-11-8-2/h19,22,27,29,31-32,34-35,38,41,52,55,61-62H,7-18,20-21,23-26,28,30,33,36-37,39-40,42-51,53-54,56-60H2,1-6H3,(H-,65,67,69,70)/p+1/b22-19-,29-27-,32-31-,35-34-,41-38-,55-52-. The van der Waals surface area contributed by atoms with Crippen LogP contribution in [0.4, 0.5) is 0 Å². The molecule has 74 heavy (non-hydrogen) atoms. The molecule has 0 saturated carbocycles. The van der Waals surface area contributed by atoms with Gasteiger partial charge in [0.25, 0.3) is 0 Å². The van der Waals surface area contributed by atoms with Crippen molar-refractivity contribution in [3.05, 3.63) is 72.9 Å². The minimum atomic E-state index is -4.45. The molecule has 0 spiro atoms. The number of esters is 1. The Bertz CT molecular complexity index is 1500. The third-order valence-corrected chi connectivity index (χ3v) is 14.4. The van der Waals surface area contributed by atoms with Crippen LogP contribution in [0.1, 0.15) is 271 Å². The minimum Gasteiger partial charge on any atom is -0.456 e. The predicted molar refractivity (Wildman–Crippen MR) is 318 cm³/mol. The van der Waals surface area contributed by atoms with Crippen molar-refractivity contribution < 1.29 is 37.3 Å². The topological polar surface area (TPSA) is 111 Å². The number of likely N-dealkylation sites (N-methyl/N-ethyl adjacent to an activating group) is 1. The van der Waals surface area contributed by atoms with Gasteiger partial charge in [-0.3, -0.25) is 18.6 Å². The Balaban J connectivity index is 5.22. The van der Waals surface area contributed by atoms with E-state index in [1.165, 1.54) is 135 Å². The summed E-state index contributed by atoms with van der Waals surface area (Å²) in [5.41, 5.74) is 0. The fourth-order valence-electron chi connectivity index (χ4n) is 8.56. The first-order valence-corrected chi connectivity index (χ1v) is 32.3. The van der Waals surface area contributed by atoms with Crippen LogP contribution in [0, 0.1) is 0 Å². The zero-order valence-electron chi connectivity index (χ0n) is 49.1. The number of hydrogen-bond acceptors (Lipinski definition) is 6. The minimum absolute atomic E-state index is 0.0335. The summed E-state index contributed by atoms with van der Waals surface area (Å²) in [4.78, 5) is 37.6. The number of carbonyl (C=O) groups excluding carboxylic acids is 2. The normalized spacial score (nSPS) is 14.2. The molecular formula is C64H118N2O7P+. The van der Waals surface area contributed by atoms with E-state index >= 15 is 0 Å². The number of phosphoric acid groups is 1. The fourth-order valence-corrected chi connectivity index (χ4v) is 9.30. The number of quaternary nitrogens is 1. The molecule has 3 atom stereocenters. The van der Waals surface area contributed by atoms with Gasteiger partial charge < -0.3 is 19.4 Å². The maximum Gasteiger partial charge on any atom is 0.472 e. The van der Waals surface area contributed by atoms with E-state index in [1.807, 2.05) is 33.3 Å². The third kappa shape index (κ3) is 54.2. The predicted octanol–water partition coefficient (Wildman–Crippen LogP) is 18.8. The molecule has 0 rings (SSSR count). The molecule has 0 heterocycles. The molecule has 430 valence electrons. The van der Waals surface area contributed by atoms with Gasteiger partial charge in [0.2, 0.25) is 5.91 Å². The monoisotopic (exact) mass is 1060 g/mol. The first-order valence-electron chi connectivity index (χ1n) is 30.8. The van der Waals surface area contributed by atoms with E-state index in [4.69, 9.17) is 13.8 Å². The van der Waals surface area contributed by atoms with Crippen molar-refractivity contribution in [2.24, 2.45) is 0 Å². The lowest BCUT2D eigenvalue weighted by molar-refractivity contribution is -0.870. The van der Waals surface area contributed by atoms with Crippen LogP contribution in [-0.4, -0.2) is 74.3 Å². The van der Waals surface area contributed by atoms with Gasteiger partial charge in [-0.15, -0.1) is 0 Å². The Morgan fingerprint density at radius 1 is 0.473 bits per heavy atom. The summed E-state index contributed by atoms with van der Waals surface area (Å²) in [5.74, 6) is -0.535. The van der Waals surface area contributed by atoms with E-state index in [0.29, 0.717) is 17.4 Å². The zero-order valence-corrected chi connectivity index (χ0v) is 50.0. The Kier molecular flexibility index (Phi) is 52.0. The highest BCUT2D eigenvalue weighted by atomic mass is 31.2. The van der Waals surface area contributed by atoms with E-state index in [9.17, 15) is 19.0 Å². The molecular weight excluding hydrogens is 940 g/mol. The molecule has 0 bridgehead atoms. The molecule has 0 aromatic rings. The van der Waals surface area contributed by atoms with Crippen LogP contribution in [0.5, 0.6) is 0 Å². The lowest BCUT2D eigenvalue weighted by Gasteiger charge is -2.27. The van der Waals surface area contributed by atoms with Gasteiger partial charge in [-0.2, -0.15) is 0 Å². The summed E-state index contributed by atoms with van der Waals surface area (Å²) in [6, 6.07) is -0.862. The first kappa shape index (κ1) is 71.5. The smallest absolute Gasteiger partial charge is 0.456 e. The van der Waals surface area contributed by atoms with Crippen molar-refractivity contribution in [1.82, 2.24) is 5.32 Å². The van der Waals surface area contributed by atoms with Crippen LogP contribution in [0.15, 0.2) is 72.9 Å². The first-order chi connectivity index (χ1) is 35.9. The van der Waals surface area contributed by atoms with E-state index in [1.54, 1.807) is 0 Å². The van der Waals surface area contributed by atoms with Gasteiger partial charge in [-0.05, 0) is 102 Å². The van der Waals surface area contributed by atoms with Crippen LogP contribution < -0.4 is 5.32 Å². The highest BCUT2D eigenvalue weighted by molar-refractivity contribution is 7.47. The van der Waals surface area contributed by atoms with Crippen LogP contribution in [0.25, 0.3) is 0 Å². The maximum atomic E-state index is 13.5. The van der Waals surface area contributed by atoms with E-state index in [-0.39, 0.29) is 31.5 Å². The van der Waals surface area contributed by atoms with Gasteiger partial charge in [0.1, 0.15) is 19.3 Å². The second-order valence-electron chi connectivity index (χ2n) is 21.9. The molecule has 10 heteroatoms. The van der Waals surface area contributed by atoms with Gasteiger partial charge in [-0.1, -0.05) is 229 Å². The maximum absolute atomic E-state index is 13.5. The van der Waals surface area contributed by atoms with Crippen molar-refractivity contribution in [1.29, 1.82) is 0 Å². The van der Waals surface area contributed by atoms with Gasteiger partial charge in [0.05, 0.1) is 33.8 Å². The molecule has 2 N–H and O–H groups in total. The number of amides is 1. The lowest BCUT2D eigenvalue weighted by atomic mass is 10.1.